The quantitative estimate of drug-likeness (QED) is 0.703. The molecule has 0 atom stereocenters. The van der Waals surface area contributed by atoms with Gasteiger partial charge in [-0.15, -0.1) is 0 Å². The van der Waals surface area contributed by atoms with E-state index in [1.807, 2.05) is 24.3 Å². The Bertz CT molecular complexity index is 563. The minimum absolute atomic E-state index is 0.0337. The van der Waals surface area contributed by atoms with Crippen molar-refractivity contribution in [3.05, 3.63) is 29.8 Å². The first-order chi connectivity index (χ1) is 11.6. The third-order valence-electron chi connectivity index (χ3n) is 4.49. The van der Waals surface area contributed by atoms with E-state index in [0.29, 0.717) is 19.4 Å². The summed E-state index contributed by atoms with van der Waals surface area (Å²) < 4.78 is 5.24. The number of ether oxygens (including phenoxy) is 1. The summed E-state index contributed by atoms with van der Waals surface area (Å²) in [7, 11) is 1.60. The van der Waals surface area contributed by atoms with E-state index < -0.39 is 5.41 Å². The first-order valence-electron chi connectivity index (χ1n) is 8.46. The summed E-state index contributed by atoms with van der Waals surface area (Å²) in [6.07, 6.45) is 2.34. The van der Waals surface area contributed by atoms with Crippen LogP contribution in [0.2, 0.25) is 0 Å². The Kier molecular flexibility index (Phi) is 6.75. The molecule has 1 aromatic rings. The number of carbonyl (C=O) groups excluding carboxylic acids is 2. The highest BCUT2D eigenvalue weighted by Gasteiger charge is 2.39. The average molecular weight is 333 g/mol. The molecular formula is C18H27N3O3. The fraction of sp³-hybridized carbons (Fsp3) is 0.556. The smallest absolute Gasteiger partial charge is 0.243 e. The SMILES string of the molecule is CCc1cccc(NC(=O)CNC(=O)C2(COC)CCNCC2)c1. The second kappa shape index (κ2) is 8.80. The van der Waals surface area contributed by atoms with Gasteiger partial charge in [0.05, 0.1) is 18.6 Å². The minimum atomic E-state index is -0.539. The molecule has 1 fully saturated rings. The fourth-order valence-corrected chi connectivity index (χ4v) is 3.04. The monoisotopic (exact) mass is 333 g/mol. The van der Waals surface area contributed by atoms with Crippen LogP contribution in [-0.4, -0.2) is 45.2 Å². The van der Waals surface area contributed by atoms with Crippen molar-refractivity contribution in [3.8, 4) is 0 Å². The summed E-state index contributed by atoms with van der Waals surface area (Å²) in [4.78, 5) is 24.7. The van der Waals surface area contributed by atoms with E-state index in [-0.39, 0.29) is 18.4 Å². The molecule has 1 aliphatic heterocycles. The van der Waals surface area contributed by atoms with Crippen molar-refractivity contribution in [1.29, 1.82) is 0 Å². The van der Waals surface area contributed by atoms with Crippen LogP contribution in [0, 0.1) is 5.41 Å². The van der Waals surface area contributed by atoms with Gasteiger partial charge in [0.1, 0.15) is 0 Å². The van der Waals surface area contributed by atoms with Gasteiger partial charge in [0.15, 0.2) is 0 Å². The number of carbonyl (C=O) groups is 2. The van der Waals surface area contributed by atoms with Crippen LogP contribution in [0.3, 0.4) is 0 Å². The van der Waals surface area contributed by atoms with E-state index in [2.05, 4.69) is 22.9 Å². The number of anilines is 1. The van der Waals surface area contributed by atoms with Gasteiger partial charge in [-0.25, -0.2) is 0 Å². The van der Waals surface area contributed by atoms with Gasteiger partial charge in [-0.2, -0.15) is 0 Å². The summed E-state index contributed by atoms with van der Waals surface area (Å²) >= 11 is 0. The van der Waals surface area contributed by atoms with E-state index in [0.717, 1.165) is 30.8 Å². The summed E-state index contributed by atoms with van der Waals surface area (Å²) in [5.41, 5.74) is 1.37. The predicted molar refractivity (Wildman–Crippen MR) is 93.9 cm³/mol. The van der Waals surface area contributed by atoms with Gasteiger partial charge in [-0.1, -0.05) is 19.1 Å². The molecule has 2 amide bonds. The van der Waals surface area contributed by atoms with Crippen LogP contribution in [0.25, 0.3) is 0 Å². The molecular weight excluding hydrogens is 306 g/mol. The molecule has 2 rings (SSSR count). The zero-order chi connectivity index (χ0) is 17.4. The zero-order valence-corrected chi connectivity index (χ0v) is 14.5. The molecule has 0 aromatic heterocycles. The van der Waals surface area contributed by atoms with Crippen LogP contribution in [-0.2, 0) is 20.7 Å². The van der Waals surface area contributed by atoms with E-state index in [9.17, 15) is 9.59 Å². The largest absolute Gasteiger partial charge is 0.384 e. The zero-order valence-electron chi connectivity index (χ0n) is 14.5. The summed E-state index contributed by atoms with van der Waals surface area (Å²) in [5, 5.41) is 8.84. The molecule has 132 valence electrons. The van der Waals surface area contributed by atoms with Crippen LogP contribution < -0.4 is 16.0 Å². The maximum absolute atomic E-state index is 12.6. The number of benzene rings is 1. The topological polar surface area (TPSA) is 79.5 Å². The Balaban J connectivity index is 1.88. The second-order valence-electron chi connectivity index (χ2n) is 6.25. The van der Waals surface area contributed by atoms with Gasteiger partial charge >= 0.3 is 0 Å². The Morgan fingerprint density at radius 2 is 2.04 bits per heavy atom. The highest BCUT2D eigenvalue weighted by Crippen LogP contribution is 2.29. The van der Waals surface area contributed by atoms with Crippen LogP contribution in [0.15, 0.2) is 24.3 Å². The van der Waals surface area contributed by atoms with Crippen molar-refractivity contribution in [3.63, 3.8) is 0 Å². The number of hydrogen-bond acceptors (Lipinski definition) is 4. The Morgan fingerprint density at radius 1 is 1.29 bits per heavy atom. The maximum atomic E-state index is 12.6. The van der Waals surface area contributed by atoms with Crippen molar-refractivity contribution in [2.75, 3.05) is 38.7 Å². The molecule has 3 N–H and O–H groups in total. The summed E-state index contributed by atoms with van der Waals surface area (Å²) in [5.74, 6) is -0.332. The first kappa shape index (κ1) is 18.4. The van der Waals surface area contributed by atoms with Gasteiger partial charge in [0.25, 0.3) is 0 Å². The molecule has 0 unspecified atom stereocenters. The number of methoxy groups -OCH3 is 1. The Labute approximate surface area is 143 Å². The van der Waals surface area contributed by atoms with Crippen LogP contribution in [0.1, 0.15) is 25.3 Å². The lowest BCUT2D eigenvalue weighted by molar-refractivity contribution is -0.137. The lowest BCUT2D eigenvalue weighted by Crippen LogP contribution is -2.51. The van der Waals surface area contributed by atoms with Gasteiger partial charge in [0.2, 0.25) is 11.8 Å². The second-order valence-corrected chi connectivity index (χ2v) is 6.25. The molecule has 1 saturated heterocycles. The summed E-state index contributed by atoms with van der Waals surface area (Å²) in [6, 6.07) is 7.72. The number of piperidine rings is 1. The van der Waals surface area contributed by atoms with Crippen LogP contribution >= 0.6 is 0 Å². The molecule has 1 aromatic carbocycles. The van der Waals surface area contributed by atoms with E-state index in [1.54, 1.807) is 7.11 Å². The van der Waals surface area contributed by atoms with Gasteiger partial charge in [-0.05, 0) is 50.0 Å². The first-order valence-corrected chi connectivity index (χ1v) is 8.46. The molecule has 6 heteroatoms. The van der Waals surface area contributed by atoms with Crippen molar-refractivity contribution >= 4 is 17.5 Å². The molecule has 0 spiro atoms. The lowest BCUT2D eigenvalue weighted by atomic mass is 9.78. The highest BCUT2D eigenvalue weighted by atomic mass is 16.5. The number of hydrogen-bond donors (Lipinski definition) is 3. The number of amides is 2. The van der Waals surface area contributed by atoms with Gasteiger partial charge < -0.3 is 20.7 Å². The van der Waals surface area contributed by atoms with E-state index in [4.69, 9.17) is 4.74 Å². The average Bonchev–Trinajstić information content (AvgIpc) is 2.61. The molecule has 0 aliphatic carbocycles. The molecule has 1 heterocycles. The maximum Gasteiger partial charge on any atom is 0.243 e. The van der Waals surface area contributed by atoms with Crippen LogP contribution in [0.5, 0.6) is 0 Å². The molecule has 6 nitrogen and oxygen atoms in total. The van der Waals surface area contributed by atoms with Gasteiger partial charge in [-0.3, -0.25) is 9.59 Å². The number of nitrogens with one attached hydrogen (secondary N) is 3. The third kappa shape index (κ3) is 4.79. The fourth-order valence-electron chi connectivity index (χ4n) is 3.04. The number of aryl methyl sites for hydroxylation is 1. The Morgan fingerprint density at radius 3 is 2.71 bits per heavy atom. The lowest BCUT2D eigenvalue weighted by Gasteiger charge is -2.35. The van der Waals surface area contributed by atoms with Crippen molar-refractivity contribution in [1.82, 2.24) is 10.6 Å². The number of rotatable bonds is 7. The molecule has 0 radical (unpaired) electrons. The van der Waals surface area contributed by atoms with E-state index in [1.165, 1.54) is 0 Å². The molecule has 1 aliphatic rings. The van der Waals surface area contributed by atoms with Crippen molar-refractivity contribution in [2.45, 2.75) is 26.2 Å². The Hall–Kier alpha value is -1.92. The predicted octanol–water partition coefficient (Wildman–Crippen LogP) is 1.32. The van der Waals surface area contributed by atoms with Crippen LogP contribution in [0.4, 0.5) is 5.69 Å². The van der Waals surface area contributed by atoms with Crippen molar-refractivity contribution in [2.24, 2.45) is 5.41 Å². The third-order valence-corrected chi connectivity index (χ3v) is 4.49. The molecule has 0 bridgehead atoms. The minimum Gasteiger partial charge on any atom is -0.384 e. The highest BCUT2D eigenvalue weighted by molar-refractivity contribution is 5.95. The van der Waals surface area contributed by atoms with Crippen molar-refractivity contribution < 1.29 is 14.3 Å². The molecule has 24 heavy (non-hydrogen) atoms. The van der Waals surface area contributed by atoms with Gasteiger partial charge in [0, 0.05) is 12.8 Å². The molecule has 0 saturated carbocycles. The van der Waals surface area contributed by atoms with E-state index >= 15 is 0 Å². The standard InChI is InChI=1S/C18H27N3O3/c1-3-14-5-4-6-15(11-14)21-16(22)12-20-17(23)18(13-24-2)7-9-19-10-8-18/h4-6,11,19H,3,7-10,12-13H2,1-2H3,(H,20,23)(H,21,22). The summed E-state index contributed by atoms with van der Waals surface area (Å²) in [6.45, 7) is 3.98. The normalized spacial score (nSPS) is 16.4.